The first-order valence-corrected chi connectivity index (χ1v) is 24.5. The molecule has 0 aliphatic rings. The van der Waals surface area contributed by atoms with E-state index in [4.69, 9.17) is 15.0 Å². The van der Waals surface area contributed by atoms with Gasteiger partial charge in [0.1, 0.15) is 0 Å². The summed E-state index contributed by atoms with van der Waals surface area (Å²) in [6, 6.07) is 89.5. The Balaban J connectivity index is 0.953. The van der Waals surface area contributed by atoms with Crippen molar-refractivity contribution in [2.24, 2.45) is 0 Å². The lowest BCUT2D eigenvalue weighted by atomic mass is 9.92. The number of benzene rings is 12. The van der Waals surface area contributed by atoms with Crippen LogP contribution in [0.2, 0.25) is 0 Å². The van der Waals surface area contributed by atoms with E-state index in [2.05, 4.69) is 221 Å². The molecule has 5 heteroatoms. The van der Waals surface area contributed by atoms with Gasteiger partial charge in [-0.3, -0.25) is 0 Å². The van der Waals surface area contributed by atoms with Crippen molar-refractivity contribution >= 4 is 86.7 Å². The van der Waals surface area contributed by atoms with Crippen molar-refractivity contribution in [1.29, 1.82) is 0 Å². The Morgan fingerprint density at radius 1 is 0.236 bits per heavy atom. The standard InChI is InChI=1S/C67H41N5/c1-4-18-43(19-5-1)65-68-66(44-20-6-2-7-21-44)70-67(69-65)47-31-35-52-50-25-12-13-26-51(50)54-28-16-30-61(64(54)56(52)41-47)72-58-29-15-14-27-53(58)55-39-45(33-36-59(55)72)46-34-37-60-57(40-46)63-49-24-11-10-17-42(49)32-38-62(63)71(60)48-22-8-3-9-23-48/h1-41H. The van der Waals surface area contributed by atoms with Gasteiger partial charge in [-0.2, -0.15) is 0 Å². The predicted molar refractivity (Wildman–Crippen MR) is 300 cm³/mol. The molecule has 0 saturated carbocycles. The summed E-state index contributed by atoms with van der Waals surface area (Å²) < 4.78 is 4.89. The molecule has 0 aliphatic heterocycles. The van der Waals surface area contributed by atoms with Crippen LogP contribution < -0.4 is 0 Å². The number of rotatable bonds is 6. The van der Waals surface area contributed by atoms with E-state index in [-0.39, 0.29) is 0 Å². The molecule has 0 atom stereocenters. The topological polar surface area (TPSA) is 48.5 Å². The number of nitrogens with zero attached hydrogens (tertiary/aromatic N) is 5. The van der Waals surface area contributed by atoms with Crippen LogP contribution in [-0.4, -0.2) is 24.1 Å². The van der Waals surface area contributed by atoms with Gasteiger partial charge >= 0.3 is 0 Å². The molecule has 72 heavy (non-hydrogen) atoms. The van der Waals surface area contributed by atoms with Crippen LogP contribution in [0.5, 0.6) is 0 Å². The highest BCUT2D eigenvalue weighted by molar-refractivity contribution is 6.28. The molecule has 0 radical (unpaired) electrons. The van der Waals surface area contributed by atoms with E-state index in [9.17, 15) is 0 Å². The van der Waals surface area contributed by atoms with E-state index in [0.29, 0.717) is 17.5 Å². The maximum Gasteiger partial charge on any atom is 0.164 e. The lowest BCUT2D eigenvalue weighted by molar-refractivity contribution is 1.07. The molecule has 334 valence electrons. The monoisotopic (exact) mass is 915 g/mol. The average molecular weight is 916 g/mol. The molecule has 0 unspecified atom stereocenters. The number of aromatic nitrogens is 5. The van der Waals surface area contributed by atoms with Crippen LogP contribution >= 0.6 is 0 Å². The summed E-state index contributed by atoms with van der Waals surface area (Å²) in [6.45, 7) is 0. The van der Waals surface area contributed by atoms with Crippen molar-refractivity contribution in [2.75, 3.05) is 0 Å². The summed E-state index contributed by atoms with van der Waals surface area (Å²) in [7, 11) is 0. The van der Waals surface area contributed by atoms with Crippen molar-refractivity contribution in [3.63, 3.8) is 0 Å². The van der Waals surface area contributed by atoms with E-state index >= 15 is 0 Å². The van der Waals surface area contributed by atoms with Crippen molar-refractivity contribution in [3.8, 4) is 56.7 Å². The first-order valence-electron chi connectivity index (χ1n) is 24.5. The molecule has 15 aromatic rings. The fourth-order valence-corrected chi connectivity index (χ4v) is 11.5. The molecule has 3 heterocycles. The number of hydrogen-bond acceptors (Lipinski definition) is 3. The quantitative estimate of drug-likeness (QED) is 0.156. The smallest absolute Gasteiger partial charge is 0.164 e. The molecule has 0 fully saturated rings. The van der Waals surface area contributed by atoms with E-state index < -0.39 is 0 Å². The Hall–Kier alpha value is -9.71. The second kappa shape index (κ2) is 15.9. The molecule has 0 spiro atoms. The van der Waals surface area contributed by atoms with Gasteiger partial charge in [-0.1, -0.05) is 188 Å². The van der Waals surface area contributed by atoms with Gasteiger partial charge in [0.05, 0.1) is 27.8 Å². The highest BCUT2D eigenvalue weighted by Crippen LogP contribution is 2.44. The van der Waals surface area contributed by atoms with E-state index in [0.717, 1.165) is 44.5 Å². The molecule has 0 N–H and O–H groups in total. The molecule has 5 nitrogen and oxygen atoms in total. The Morgan fingerprint density at radius 3 is 1.43 bits per heavy atom. The third kappa shape index (κ3) is 6.17. The Labute approximate surface area is 414 Å². The molecule has 0 aliphatic carbocycles. The Morgan fingerprint density at radius 2 is 0.722 bits per heavy atom. The summed E-state index contributed by atoms with van der Waals surface area (Å²) >= 11 is 0. The van der Waals surface area contributed by atoms with Crippen LogP contribution in [0.15, 0.2) is 249 Å². The molecule has 3 aromatic heterocycles. The third-order valence-corrected chi connectivity index (χ3v) is 14.7. The second-order valence-electron chi connectivity index (χ2n) is 18.7. The first kappa shape index (κ1) is 40.2. The highest BCUT2D eigenvalue weighted by Gasteiger charge is 2.21. The van der Waals surface area contributed by atoms with Crippen molar-refractivity contribution in [3.05, 3.63) is 249 Å². The molecule has 15 rings (SSSR count). The fraction of sp³-hybridized carbons (Fsp3) is 0. The largest absolute Gasteiger partial charge is 0.309 e. The van der Waals surface area contributed by atoms with Crippen LogP contribution in [-0.2, 0) is 0 Å². The molecular weight excluding hydrogens is 875 g/mol. The maximum absolute atomic E-state index is 5.17. The van der Waals surface area contributed by atoms with Gasteiger partial charge in [0.2, 0.25) is 0 Å². The van der Waals surface area contributed by atoms with Crippen molar-refractivity contribution < 1.29 is 0 Å². The van der Waals surface area contributed by atoms with Gasteiger partial charge in [-0.05, 0) is 109 Å². The summed E-state index contributed by atoms with van der Waals surface area (Å²) in [5.41, 5.74) is 12.1. The normalized spacial score (nSPS) is 11.9. The zero-order valence-electron chi connectivity index (χ0n) is 38.9. The van der Waals surface area contributed by atoms with Gasteiger partial charge < -0.3 is 9.13 Å². The lowest BCUT2D eigenvalue weighted by Crippen LogP contribution is -2.00. The van der Waals surface area contributed by atoms with Gasteiger partial charge in [-0.15, -0.1) is 0 Å². The predicted octanol–water partition coefficient (Wildman–Crippen LogP) is 17.3. The minimum atomic E-state index is 0.629. The van der Waals surface area contributed by atoms with Crippen molar-refractivity contribution in [2.45, 2.75) is 0 Å². The maximum atomic E-state index is 5.17. The Kier molecular flexibility index (Phi) is 8.89. The molecular formula is C67H41N5. The second-order valence-corrected chi connectivity index (χ2v) is 18.7. The molecule has 0 bridgehead atoms. The van der Waals surface area contributed by atoms with Crippen LogP contribution in [0.1, 0.15) is 0 Å². The van der Waals surface area contributed by atoms with Gasteiger partial charge in [-0.25, -0.2) is 15.0 Å². The van der Waals surface area contributed by atoms with Crippen LogP contribution in [0.25, 0.3) is 143 Å². The van der Waals surface area contributed by atoms with Crippen LogP contribution in [0.4, 0.5) is 0 Å². The SMILES string of the molecule is c1ccc(-c2nc(-c3ccccc3)nc(-c3ccc4c5ccccc5c5cccc(-n6c7ccccc7c7cc(-c8ccc9c(c8)c8c%10ccccc%10ccc8n9-c8ccccc8)ccc76)c5c4c3)n2)cc1. The minimum absolute atomic E-state index is 0.629. The molecule has 0 amide bonds. The number of fused-ring (bicyclic) bond motifs is 14. The average Bonchev–Trinajstić information content (AvgIpc) is 3.98. The molecule has 12 aromatic carbocycles. The highest BCUT2D eigenvalue weighted by atomic mass is 15.0. The zero-order chi connectivity index (χ0) is 47.3. The van der Waals surface area contributed by atoms with E-state index in [1.54, 1.807) is 0 Å². The summed E-state index contributed by atoms with van der Waals surface area (Å²) in [5, 5.41) is 14.5. The van der Waals surface area contributed by atoms with Crippen LogP contribution in [0.3, 0.4) is 0 Å². The van der Waals surface area contributed by atoms with E-state index in [1.807, 2.05) is 36.4 Å². The van der Waals surface area contributed by atoms with Gasteiger partial charge in [0.15, 0.2) is 17.5 Å². The number of para-hydroxylation sites is 2. The van der Waals surface area contributed by atoms with E-state index in [1.165, 1.54) is 81.4 Å². The van der Waals surface area contributed by atoms with Crippen LogP contribution in [0, 0.1) is 0 Å². The zero-order valence-corrected chi connectivity index (χ0v) is 38.9. The number of hydrogen-bond donors (Lipinski definition) is 0. The Bertz CT molecular complexity index is 4610. The third-order valence-electron chi connectivity index (χ3n) is 14.7. The summed E-state index contributed by atoms with van der Waals surface area (Å²) in [5.74, 6) is 1.91. The van der Waals surface area contributed by atoms with Gasteiger partial charge in [0.25, 0.3) is 0 Å². The summed E-state index contributed by atoms with van der Waals surface area (Å²) in [4.78, 5) is 15.3. The first-order chi connectivity index (χ1) is 35.7. The fourth-order valence-electron chi connectivity index (χ4n) is 11.5. The minimum Gasteiger partial charge on any atom is -0.309 e. The molecule has 0 saturated heterocycles. The lowest BCUT2D eigenvalue weighted by Gasteiger charge is -2.17. The summed E-state index contributed by atoms with van der Waals surface area (Å²) in [6.07, 6.45) is 0. The van der Waals surface area contributed by atoms with Gasteiger partial charge in [0, 0.05) is 49.3 Å². The van der Waals surface area contributed by atoms with Crippen molar-refractivity contribution in [1.82, 2.24) is 24.1 Å².